The van der Waals surface area contributed by atoms with Crippen LogP contribution in [0.1, 0.15) is 11.4 Å². The number of pyridine rings is 1. The monoisotopic (exact) mass is 266 g/mol. The second-order valence-corrected chi connectivity index (χ2v) is 3.92. The van der Waals surface area contributed by atoms with Crippen LogP contribution in [0.25, 0.3) is 0 Å². The zero-order chi connectivity index (χ0) is 10.7. The highest BCUT2D eigenvalue weighted by molar-refractivity contribution is 9.10. The molecule has 0 aromatic carbocycles. The Kier molecular flexibility index (Phi) is 3.01. The summed E-state index contributed by atoms with van der Waals surface area (Å²) in [5, 5.41) is 3.26. The van der Waals surface area contributed by atoms with E-state index in [9.17, 15) is 0 Å². The second-order valence-electron chi connectivity index (χ2n) is 3.17. The lowest BCUT2D eigenvalue weighted by molar-refractivity contribution is 1.04. The topological polar surface area (TPSA) is 53.6 Å². The van der Waals surface area contributed by atoms with Crippen molar-refractivity contribution in [3.05, 3.63) is 40.6 Å². The number of nitrogens with zero attached hydrogens (tertiary/aromatic N) is 2. The normalized spacial score (nSPS) is 10.3. The number of rotatable bonds is 3. The van der Waals surface area contributed by atoms with Gasteiger partial charge in [-0.05, 0) is 35.0 Å². The summed E-state index contributed by atoms with van der Waals surface area (Å²) in [4.78, 5) is 11.4. The molecule has 2 heterocycles. The SMILES string of the molecule is Cc1[nH]cnc1CNc1cccnc1Br. The Hall–Kier alpha value is -1.36. The van der Waals surface area contributed by atoms with E-state index in [1.165, 1.54) is 0 Å². The van der Waals surface area contributed by atoms with Crippen molar-refractivity contribution in [2.45, 2.75) is 13.5 Å². The first-order valence-electron chi connectivity index (χ1n) is 4.60. The molecule has 15 heavy (non-hydrogen) atoms. The zero-order valence-electron chi connectivity index (χ0n) is 8.29. The molecule has 0 atom stereocenters. The first-order chi connectivity index (χ1) is 7.27. The van der Waals surface area contributed by atoms with Gasteiger partial charge in [-0.1, -0.05) is 0 Å². The van der Waals surface area contributed by atoms with Crippen LogP contribution in [0.5, 0.6) is 0 Å². The van der Waals surface area contributed by atoms with Gasteiger partial charge in [-0.25, -0.2) is 9.97 Å². The van der Waals surface area contributed by atoms with Crippen molar-refractivity contribution in [1.29, 1.82) is 0 Å². The van der Waals surface area contributed by atoms with Crippen LogP contribution in [-0.4, -0.2) is 15.0 Å². The van der Waals surface area contributed by atoms with Crippen molar-refractivity contribution in [2.24, 2.45) is 0 Å². The molecule has 0 radical (unpaired) electrons. The molecule has 0 aliphatic heterocycles. The number of H-pyrrole nitrogens is 1. The van der Waals surface area contributed by atoms with E-state index in [1.54, 1.807) is 12.5 Å². The molecule has 2 aromatic heterocycles. The van der Waals surface area contributed by atoms with Gasteiger partial charge in [0.2, 0.25) is 0 Å². The Morgan fingerprint density at radius 3 is 3.00 bits per heavy atom. The molecule has 0 fully saturated rings. The number of hydrogen-bond acceptors (Lipinski definition) is 3. The van der Waals surface area contributed by atoms with Crippen LogP contribution in [-0.2, 0) is 6.54 Å². The maximum Gasteiger partial charge on any atom is 0.129 e. The molecule has 2 N–H and O–H groups in total. The fourth-order valence-electron chi connectivity index (χ4n) is 1.26. The number of halogens is 1. The van der Waals surface area contributed by atoms with Crippen LogP contribution in [0.3, 0.4) is 0 Å². The van der Waals surface area contributed by atoms with E-state index >= 15 is 0 Å². The predicted molar refractivity (Wildman–Crippen MR) is 62.6 cm³/mol. The number of aromatic nitrogens is 3. The second kappa shape index (κ2) is 4.44. The number of anilines is 1. The lowest BCUT2D eigenvalue weighted by atomic mass is 10.3. The van der Waals surface area contributed by atoms with Gasteiger partial charge in [-0.3, -0.25) is 0 Å². The number of aromatic amines is 1. The van der Waals surface area contributed by atoms with Crippen LogP contribution in [0, 0.1) is 6.92 Å². The summed E-state index contributed by atoms with van der Waals surface area (Å²) in [6.45, 7) is 2.70. The highest BCUT2D eigenvalue weighted by Crippen LogP contribution is 2.18. The molecule has 0 amide bonds. The van der Waals surface area contributed by atoms with Crippen LogP contribution >= 0.6 is 15.9 Å². The Bertz CT molecular complexity index is 452. The minimum Gasteiger partial charge on any atom is -0.377 e. The molecule has 0 aliphatic rings. The molecular formula is C10H11BrN4. The Balaban J connectivity index is 2.06. The zero-order valence-corrected chi connectivity index (χ0v) is 9.87. The Morgan fingerprint density at radius 2 is 2.33 bits per heavy atom. The van der Waals surface area contributed by atoms with Crippen molar-refractivity contribution >= 4 is 21.6 Å². The fraction of sp³-hybridized carbons (Fsp3) is 0.200. The van der Waals surface area contributed by atoms with Crippen LogP contribution < -0.4 is 5.32 Å². The summed E-state index contributed by atoms with van der Waals surface area (Å²) < 4.78 is 0.818. The lowest BCUT2D eigenvalue weighted by Crippen LogP contribution is -2.02. The maximum absolute atomic E-state index is 4.21. The highest BCUT2D eigenvalue weighted by atomic mass is 79.9. The Morgan fingerprint density at radius 1 is 1.47 bits per heavy atom. The molecule has 0 spiro atoms. The van der Waals surface area contributed by atoms with E-state index in [4.69, 9.17) is 0 Å². The number of aryl methyl sites for hydroxylation is 1. The van der Waals surface area contributed by atoms with Gasteiger partial charge in [0.1, 0.15) is 4.60 Å². The molecule has 4 nitrogen and oxygen atoms in total. The van der Waals surface area contributed by atoms with Crippen molar-refractivity contribution in [1.82, 2.24) is 15.0 Å². The highest BCUT2D eigenvalue weighted by Gasteiger charge is 2.02. The van der Waals surface area contributed by atoms with Crippen LogP contribution in [0.4, 0.5) is 5.69 Å². The minimum atomic E-state index is 0.694. The van der Waals surface area contributed by atoms with Crippen molar-refractivity contribution < 1.29 is 0 Å². The third-order valence-electron chi connectivity index (χ3n) is 2.14. The summed E-state index contributed by atoms with van der Waals surface area (Å²) in [6.07, 6.45) is 3.44. The largest absolute Gasteiger partial charge is 0.377 e. The fourth-order valence-corrected chi connectivity index (χ4v) is 1.65. The number of nitrogens with one attached hydrogen (secondary N) is 2. The van der Waals surface area contributed by atoms with Gasteiger partial charge in [0.05, 0.1) is 24.3 Å². The first kappa shape index (κ1) is 10.2. The van der Waals surface area contributed by atoms with E-state index < -0.39 is 0 Å². The Labute approximate surface area is 96.3 Å². The molecule has 0 saturated heterocycles. The average molecular weight is 267 g/mol. The van der Waals surface area contributed by atoms with E-state index in [0.29, 0.717) is 6.54 Å². The van der Waals surface area contributed by atoms with Gasteiger partial charge in [0.25, 0.3) is 0 Å². The van der Waals surface area contributed by atoms with Crippen molar-refractivity contribution in [3.8, 4) is 0 Å². The summed E-state index contributed by atoms with van der Waals surface area (Å²) in [5.41, 5.74) is 3.08. The van der Waals surface area contributed by atoms with Gasteiger partial charge in [-0.2, -0.15) is 0 Å². The number of hydrogen-bond donors (Lipinski definition) is 2. The third-order valence-corrected chi connectivity index (χ3v) is 2.77. The van der Waals surface area contributed by atoms with Gasteiger partial charge >= 0.3 is 0 Å². The molecule has 2 aromatic rings. The summed E-state index contributed by atoms with van der Waals surface area (Å²) in [6, 6.07) is 3.86. The molecule has 0 aliphatic carbocycles. The van der Waals surface area contributed by atoms with E-state index in [-0.39, 0.29) is 0 Å². The van der Waals surface area contributed by atoms with Gasteiger partial charge in [0, 0.05) is 11.9 Å². The molecule has 0 saturated carbocycles. The van der Waals surface area contributed by atoms with E-state index in [1.807, 2.05) is 19.1 Å². The van der Waals surface area contributed by atoms with Crippen molar-refractivity contribution in [3.63, 3.8) is 0 Å². The van der Waals surface area contributed by atoms with Gasteiger partial charge in [0.15, 0.2) is 0 Å². The summed E-state index contributed by atoms with van der Waals surface area (Å²) >= 11 is 3.38. The average Bonchev–Trinajstić information content (AvgIpc) is 2.63. The van der Waals surface area contributed by atoms with Crippen LogP contribution in [0.2, 0.25) is 0 Å². The van der Waals surface area contributed by atoms with Gasteiger partial charge in [-0.15, -0.1) is 0 Å². The van der Waals surface area contributed by atoms with Crippen molar-refractivity contribution in [2.75, 3.05) is 5.32 Å². The lowest BCUT2D eigenvalue weighted by Gasteiger charge is -2.06. The molecule has 0 unspecified atom stereocenters. The third kappa shape index (κ3) is 2.36. The standard InChI is InChI=1S/C10H11BrN4/c1-7-9(15-6-14-7)5-13-8-3-2-4-12-10(8)11/h2-4,6,13H,5H2,1H3,(H,14,15). The quantitative estimate of drug-likeness (QED) is 0.840. The summed E-state index contributed by atoms with van der Waals surface area (Å²) in [7, 11) is 0. The smallest absolute Gasteiger partial charge is 0.129 e. The molecule has 0 bridgehead atoms. The minimum absolute atomic E-state index is 0.694. The van der Waals surface area contributed by atoms with E-state index in [2.05, 4.69) is 36.2 Å². The number of imidazole rings is 1. The first-order valence-corrected chi connectivity index (χ1v) is 5.40. The summed E-state index contributed by atoms with van der Waals surface area (Å²) in [5.74, 6) is 0. The molecule has 5 heteroatoms. The molecule has 78 valence electrons. The van der Waals surface area contributed by atoms with Crippen LogP contribution in [0.15, 0.2) is 29.3 Å². The molecule has 2 rings (SSSR count). The van der Waals surface area contributed by atoms with E-state index in [0.717, 1.165) is 21.7 Å². The predicted octanol–water partition coefficient (Wildman–Crippen LogP) is 2.49. The van der Waals surface area contributed by atoms with Gasteiger partial charge < -0.3 is 10.3 Å². The maximum atomic E-state index is 4.21. The molecular weight excluding hydrogens is 256 g/mol.